The molecule has 84 valence electrons. The van der Waals surface area contributed by atoms with Gasteiger partial charge in [0.25, 0.3) is 0 Å². The molecule has 0 saturated heterocycles. The molecule has 0 radical (unpaired) electrons. The van der Waals surface area contributed by atoms with Crippen molar-refractivity contribution in [1.29, 1.82) is 0 Å². The Kier molecular flexibility index (Phi) is 3.72. The summed E-state index contributed by atoms with van der Waals surface area (Å²) in [5, 5.41) is 3.51. The first-order chi connectivity index (χ1) is 7.40. The van der Waals surface area contributed by atoms with Gasteiger partial charge in [-0.3, -0.25) is 5.32 Å². The Morgan fingerprint density at radius 1 is 1.40 bits per heavy atom. The maximum atomic E-state index is 4.36. The van der Waals surface area contributed by atoms with Gasteiger partial charge in [-0.25, -0.2) is 9.98 Å². The van der Waals surface area contributed by atoms with Crippen molar-refractivity contribution in [3.05, 3.63) is 0 Å². The van der Waals surface area contributed by atoms with Crippen LogP contribution in [0.15, 0.2) is 9.98 Å². The molecular formula is C11H20N4. The third-order valence-corrected chi connectivity index (χ3v) is 2.79. The van der Waals surface area contributed by atoms with Gasteiger partial charge in [-0.1, -0.05) is 19.8 Å². The van der Waals surface area contributed by atoms with E-state index in [4.69, 9.17) is 0 Å². The molecular weight excluding hydrogens is 188 g/mol. The minimum atomic E-state index is 0.131. The van der Waals surface area contributed by atoms with E-state index in [0.717, 1.165) is 6.54 Å². The fraction of sp³-hybridized carbons (Fsp3) is 0.818. The van der Waals surface area contributed by atoms with Crippen LogP contribution in [-0.4, -0.2) is 36.5 Å². The van der Waals surface area contributed by atoms with Gasteiger partial charge in [-0.2, -0.15) is 0 Å². The molecule has 1 saturated carbocycles. The van der Waals surface area contributed by atoms with Gasteiger partial charge in [0, 0.05) is 12.6 Å². The molecule has 2 aliphatic rings. The van der Waals surface area contributed by atoms with Crippen molar-refractivity contribution in [2.24, 2.45) is 9.98 Å². The van der Waals surface area contributed by atoms with Gasteiger partial charge in [0.15, 0.2) is 6.29 Å². The van der Waals surface area contributed by atoms with Crippen LogP contribution in [0.2, 0.25) is 0 Å². The Balaban J connectivity index is 1.77. The van der Waals surface area contributed by atoms with E-state index in [1.54, 1.807) is 6.34 Å². The minimum absolute atomic E-state index is 0.131. The summed E-state index contributed by atoms with van der Waals surface area (Å²) in [7, 11) is 0. The van der Waals surface area contributed by atoms with Crippen LogP contribution in [0, 0.1) is 0 Å². The van der Waals surface area contributed by atoms with Crippen LogP contribution in [0.5, 0.6) is 0 Å². The summed E-state index contributed by atoms with van der Waals surface area (Å²) in [4.78, 5) is 10.6. The molecule has 4 heteroatoms. The van der Waals surface area contributed by atoms with E-state index < -0.39 is 0 Å². The van der Waals surface area contributed by atoms with Gasteiger partial charge in [0.05, 0.1) is 6.34 Å². The fourth-order valence-corrected chi connectivity index (χ4v) is 1.69. The number of rotatable bonds is 6. The first-order valence-corrected chi connectivity index (χ1v) is 5.97. The Bertz CT molecular complexity index is 245. The average Bonchev–Trinajstić information content (AvgIpc) is 3.05. The van der Waals surface area contributed by atoms with Crippen LogP contribution >= 0.6 is 0 Å². The normalized spacial score (nSPS) is 24.9. The van der Waals surface area contributed by atoms with Crippen LogP contribution in [-0.2, 0) is 0 Å². The molecule has 4 nitrogen and oxygen atoms in total. The van der Waals surface area contributed by atoms with E-state index >= 15 is 0 Å². The van der Waals surface area contributed by atoms with Crippen LogP contribution in [0.4, 0.5) is 0 Å². The average molecular weight is 208 g/mol. The third-order valence-electron chi connectivity index (χ3n) is 2.79. The van der Waals surface area contributed by atoms with E-state index in [0.29, 0.717) is 6.04 Å². The zero-order valence-corrected chi connectivity index (χ0v) is 9.39. The first-order valence-electron chi connectivity index (χ1n) is 5.97. The number of aliphatic imine (C=N–C) groups is 2. The van der Waals surface area contributed by atoms with Gasteiger partial charge >= 0.3 is 0 Å². The second-order valence-corrected chi connectivity index (χ2v) is 4.29. The highest BCUT2D eigenvalue weighted by Crippen LogP contribution is 2.20. The number of nitrogens with one attached hydrogen (secondary N) is 1. The second-order valence-electron chi connectivity index (χ2n) is 4.29. The molecule has 1 unspecified atom stereocenters. The van der Waals surface area contributed by atoms with Crippen molar-refractivity contribution >= 4 is 12.7 Å². The molecule has 0 aromatic heterocycles. The summed E-state index contributed by atoms with van der Waals surface area (Å²) >= 11 is 0. The summed E-state index contributed by atoms with van der Waals surface area (Å²) in [6, 6.07) is 0.687. The van der Waals surface area contributed by atoms with Gasteiger partial charge in [-0.15, -0.1) is 0 Å². The third kappa shape index (κ3) is 3.30. The van der Waals surface area contributed by atoms with Gasteiger partial charge in [0.1, 0.15) is 6.34 Å². The lowest BCUT2D eigenvalue weighted by atomic mass is 10.2. The number of hydrogen-bond acceptors (Lipinski definition) is 4. The highest BCUT2D eigenvalue weighted by Gasteiger charge is 2.26. The number of hydrogen-bond donors (Lipinski definition) is 1. The molecule has 1 N–H and O–H groups in total. The summed E-state index contributed by atoms with van der Waals surface area (Å²) in [5.41, 5.74) is 0. The molecule has 1 atom stereocenters. The molecule has 1 heterocycles. The zero-order chi connectivity index (χ0) is 10.5. The summed E-state index contributed by atoms with van der Waals surface area (Å²) in [6.45, 7) is 3.28. The molecule has 0 aromatic carbocycles. The quantitative estimate of drug-likeness (QED) is 0.673. The van der Waals surface area contributed by atoms with Crippen molar-refractivity contribution in [2.45, 2.75) is 51.4 Å². The smallest absolute Gasteiger partial charge is 0.178 e. The molecule has 0 spiro atoms. The van der Waals surface area contributed by atoms with Gasteiger partial charge < -0.3 is 4.90 Å². The topological polar surface area (TPSA) is 40.0 Å². The lowest BCUT2D eigenvalue weighted by molar-refractivity contribution is 0.269. The predicted octanol–water partition coefficient (Wildman–Crippen LogP) is 1.58. The molecule has 0 bridgehead atoms. The second kappa shape index (κ2) is 5.26. The van der Waals surface area contributed by atoms with E-state index in [1.165, 1.54) is 32.1 Å². The maximum absolute atomic E-state index is 4.36. The van der Waals surface area contributed by atoms with Crippen LogP contribution in [0.25, 0.3) is 0 Å². The molecule has 15 heavy (non-hydrogen) atoms. The summed E-state index contributed by atoms with van der Waals surface area (Å²) in [6.07, 6.45) is 10.0. The maximum Gasteiger partial charge on any atom is 0.178 e. The lowest BCUT2D eigenvalue weighted by Gasteiger charge is -2.29. The monoisotopic (exact) mass is 208 g/mol. The van der Waals surface area contributed by atoms with E-state index in [2.05, 4.69) is 27.1 Å². The van der Waals surface area contributed by atoms with Crippen molar-refractivity contribution in [1.82, 2.24) is 10.2 Å². The molecule has 2 rings (SSSR count). The summed E-state index contributed by atoms with van der Waals surface area (Å²) in [5.74, 6) is 0. The standard InChI is InChI=1S/C11H20N4/c1-2-3-4-7-15-9-12-8-13-11(15)14-10-5-6-10/h8-11,14H,2-7H2,1H3. The highest BCUT2D eigenvalue weighted by atomic mass is 15.4. The Morgan fingerprint density at radius 3 is 3.00 bits per heavy atom. The molecule has 0 amide bonds. The fourth-order valence-electron chi connectivity index (χ4n) is 1.69. The number of unbranched alkanes of at least 4 members (excludes halogenated alkanes) is 2. The molecule has 1 aliphatic carbocycles. The van der Waals surface area contributed by atoms with Crippen molar-refractivity contribution < 1.29 is 0 Å². The Hall–Kier alpha value is -0.900. The van der Waals surface area contributed by atoms with Gasteiger partial charge in [-0.05, 0) is 19.3 Å². The van der Waals surface area contributed by atoms with E-state index in [-0.39, 0.29) is 6.29 Å². The largest absolute Gasteiger partial charge is 0.328 e. The predicted molar refractivity (Wildman–Crippen MR) is 63.2 cm³/mol. The van der Waals surface area contributed by atoms with Crippen LogP contribution < -0.4 is 5.32 Å². The van der Waals surface area contributed by atoms with Crippen molar-refractivity contribution in [3.8, 4) is 0 Å². The zero-order valence-electron chi connectivity index (χ0n) is 9.39. The van der Waals surface area contributed by atoms with E-state index in [9.17, 15) is 0 Å². The lowest BCUT2D eigenvalue weighted by Crippen LogP contribution is -2.46. The minimum Gasteiger partial charge on any atom is -0.328 e. The van der Waals surface area contributed by atoms with E-state index in [1.807, 2.05) is 6.34 Å². The SMILES string of the molecule is CCCCCN1C=NC=NC1NC1CC1. The summed E-state index contributed by atoms with van der Waals surface area (Å²) < 4.78 is 0. The molecule has 1 fully saturated rings. The first kappa shape index (κ1) is 10.6. The van der Waals surface area contributed by atoms with Crippen molar-refractivity contribution in [3.63, 3.8) is 0 Å². The molecule has 0 aromatic rings. The van der Waals surface area contributed by atoms with Gasteiger partial charge in [0.2, 0.25) is 0 Å². The Labute approximate surface area is 91.5 Å². The van der Waals surface area contributed by atoms with Crippen LogP contribution in [0.1, 0.15) is 39.0 Å². The highest BCUT2D eigenvalue weighted by molar-refractivity contribution is 5.73. The van der Waals surface area contributed by atoms with Crippen molar-refractivity contribution in [2.75, 3.05) is 6.54 Å². The van der Waals surface area contributed by atoms with Crippen LogP contribution in [0.3, 0.4) is 0 Å². The Morgan fingerprint density at radius 2 is 2.27 bits per heavy atom. The molecule has 1 aliphatic heterocycles. The number of nitrogens with zero attached hydrogens (tertiary/aromatic N) is 3.